The Balaban J connectivity index is 4.14. The second-order valence-electron chi connectivity index (χ2n) is 3.60. The quantitative estimate of drug-likeness (QED) is 0.653. The normalized spacial score (nSPS) is 20.3. The minimum atomic E-state index is -0.457. The van der Waals surface area contributed by atoms with Gasteiger partial charge in [0, 0.05) is 12.0 Å². The van der Waals surface area contributed by atoms with Gasteiger partial charge in [-0.1, -0.05) is 30.7 Å². The van der Waals surface area contributed by atoms with Gasteiger partial charge in [-0.25, -0.2) is 0 Å². The zero-order valence-corrected chi connectivity index (χ0v) is 8.99. The van der Waals surface area contributed by atoms with Crippen LogP contribution in [0.4, 0.5) is 0 Å². The third kappa shape index (κ3) is 4.86. The molecule has 0 fully saturated rings. The van der Waals surface area contributed by atoms with Crippen LogP contribution in [0.15, 0.2) is 23.8 Å². The van der Waals surface area contributed by atoms with Crippen molar-refractivity contribution in [3.8, 4) is 0 Å². The second-order valence-corrected chi connectivity index (χ2v) is 3.60. The van der Waals surface area contributed by atoms with E-state index in [9.17, 15) is 5.11 Å². The van der Waals surface area contributed by atoms with Crippen LogP contribution in [0.1, 0.15) is 27.7 Å². The Morgan fingerprint density at radius 2 is 1.92 bits per heavy atom. The highest BCUT2D eigenvalue weighted by atomic mass is 16.3. The number of hydrogen-bond acceptors (Lipinski definition) is 2. The first-order valence-electron chi connectivity index (χ1n) is 4.73. The van der Waals surface area contributed by atoms with Crippen LogP contribution in [0.2, 0.25) is 0 Å². The summed E-state index contributed by atoms with van der Waals surface area (Å²) in [6.07, 6.45) is 5.57. The van der Waals surface area contributed by atoms with Gasteiger partial charge in [0.1, 0.15) is 0 Å². The molecule has 2 nitrogen and oxygen atoms in total. The molecule has 2 heteroatoms. The van der Waals surface area contributed by atoms with Gasteiger partial charge in [0.2, 0.25) is 0 Å². The fraction of sp³-hybridized carbons (Fsp3) is 0.636. The van der Waals surface area contributed by atoms with Gasteiger partial charge in [-0.2, -0.15) is 0 Å². The minimum absolute atomic E-state index is 0.106. The molecule has 0 spiro atoms. The van der Waals surface area contributed by atoms with Crippen molar-refractivity contribution < 1.29 is 5.11 Å². The summed E-state index contributed by atoms with van der Waals surface area (Å²) in [5.41, 5.74) is 6.78. The van der Waals surface area contributed by atoms with E-state index in [2.05, 4.69) is 0 Å². The zero-order valence-electron chi connectivity index (χ0n) is 8.99. The highest BCUT2D eigenvalue weighted by molar-refractivity contribution is 5.15. The smallest absolute Gasteiger partial charge is 0.0748 e. The van der Waals surface area contributed by atoms with E-state index in [1.807, 2.05) is 45.9 Å². The number of hydrogen-bond donors (Lipinski definition) is 2. The van der Waals surface area contributed by atoms with E-state index in [0.29, 0.717) is 0 Å². The van der Waals surface area contributed by atoms with Crippen LogP contribution in [-0.4, -0.2) is 17.3 Å². The van der Waals surface area contributed by atoms with Crippen LogP contribution in [-0.2, 0) is 0 Å². The van der Waals surface area contributed by atoms with Crippen molar-refractivity contribution in [1.29, 1.82) is 0 Å². The molecule has 76 valence electrons. The lowest BCUT2D eigenvalue weighted by Gasteiger charge is -2.18. The predicted molar refractivity (Wildman–Crippen MR) is 57.4 cm³/mol. The molecule has 0 aromatic carbocycles. The van der Waals surface area contributed by atoms with Gasteiger partial charge in [0.15, 0.2) is 0 Å². The largest absolute Gasteiger partial charge is 0.391 e. The van der Waals surface area contributed by atoms with Crippen molar-refractivity contribution in [2.75, 3.05) is 0 Å². The molecule has 0 aliphatic heterocycles. The van der Waals surface area contributed by atoms with Crippen molar-refractivity contribution in [1.82, 2.24) is 0 Å². The lowest BCUT2D eigenvalue weighted by atomic mass is 9.98. The van der Waals surface area contributed by atoms with E-state index in [4.69, 9.17) is 5.73 Å². The van der Waals surface area contributed by atoms with Crippen LogP contribution in [0, 0.1) is 5.92 Å². The Morgan fingerprint density at radius 3 is 2.31 bits per heavy atom. The second kappa shape index (κ2) is 5.95. The molecule has 0 rings (SSSR count). The number of allylic oxidation sites excluding steroid dienone is 3. The first-order chi connectivity index (χ1) is 5.99. The van der Waals surface area contributed by atoms with E-state index < -0.39 is 6.10 Å². The maximum absolute atomic E-state index is 9.58. The molecule has 0 aromatic rings. The maximum atomic E-state index is 9.58. The third-order valence-electron chi connectivity index (χ3n) is 2.20. The maximum Gasteiger partial charge on any atom is 0.0748 e. The highest BCUT2D eigenvalue weighted by Crippen LogP contribution is 2.09. The fourth-order valence-corrected chi connectivity index (χ4v) is 0.992. The lowest BCUT2D eigenvalue weighted by Crippen LogP contribution is -2.35. The molecule has 0 saturated carbocycles. The summed E-state index contributed by atoms with van der Waals surface area (Å²) in [5, 5.41) is 9.58. The standard InChI is InChI=1S/C11H21NO/c1-5-8(2)6-7-9(3)11(13)10(4)12/h5-7,9-11,13H,12H2,1-4H3/b7-6-,8-5-/t9-,10+,11+/m1/s1. The first-order valence-corrected chi connectivity index (χ1v) is 4.73. The van der Waals surface area contributed by atoms with Gasteiger partial charge in [0.05, 0.1) is 6.10 Å². The van der Waals surface area contributed by atoms with Crippen LogP contribution < -0.4 is 5.73 Å². The summed E-state index contributed by atoms with van der Waals surface area (Å²) in [6, 6.07) is -0.175. The number of nitrogens with two attached hydrogens (primary N) is 1. The number of rotatable bonds is 4. The molecular weight excluding hydrogens is 162 g/mol. The monoisotopic (exact) mass is 183 g/mol. The van der Waals surface area contributed by atoms with Crippen molar-refractivity contribution in [2.45, 2.75) is 39.8 Å². The van der Waals surface area contributed by atoms with Crippen molar-refractivity contribution >= 4 is 0 Å². The molecule has 3 atom stereocenters. The molecule has 0 radical (unpaired) electrons. The average Bonchev–Trinajstić information content (AvgIpc) is 2.11. The van der Waals surface area contributed by atoms with Gasteiger partial charge in [-0.15, -0.1) is 0 Å². The summed E-state index contributed by atoms with van der Waals surface area (Å²) in [7, 11) is 0. The molecule has 3 N–H and O–H groups in total. The molecule has 0 aliphatic carbocycles. The van der Waals surface area contributed by atoms with Gasteiger partial charge < -0.3 is 10.8 Å². The molecule has 0 amide bonds. The number of aliphatic hydroxyl groups is 1. The molecule has 0 aromatic heterocycles. The molecule has 0 unspecified atom stereocenters. The van der Waals surface area contributed by atoms with Crippen molar-refractivity contribution in [3.63, 3.8) is 0 Å². The zero-order chi connectivity index (χ0) is 10.4. The summed E-state index contributed by atoms with van der Waals surface area (Å²) in [6.45, 7) is 7.80. The highest BCUT2D eigenvalue weighted by Gasteiger charge is 2.14. The number of aliphatic hydroxyl groups excluding tert-OH is 1. The fourth-order valence-electron chi connectivity index (χ4n) is 0.992. The lowest BCUT2D eigenvalue weighted by molar-refractivity contribution is 0.115. The van der Waals surface area contributed by atoms with E-state index in [1.165, 1.54) is 5.57 Å². The van der Waals surface area contributed by atoms with E-state index >= 15 is 0 Å². The summed E-state index contributed by atoms with van der Waals surface area (Å²) >= 11 is 0. The Labute approximate surface area is 81.1 Å². The summed E-state index contributed by atoms with van der Waals surface area (Å²) in [4.78, 5) is 0. The SMILES string of the molecule is C/C=C(C)\C=C/[C@@H](C)[C@H](O)[C@H](C)N. The van der Waals surface area contributed by atoms with Gasteiger partial charge in [0.25, 0.3) is 0 Å². The van der Waals surface area contributed by atoms with Crippen LogP contribution in [0.25, 0.3) is 0 Å². The third-order valence-corrected chi connectivity index (χ3v) is 2.20. The molecule has 0 saturated heterocycles. The molecule has 0 aliphatic rings. The van der Waals surface area contributed by atoms with E-state index in [-0.39, 0.29) is 12.0 Å². The van der Waals surface area contributed by atoms with Crippen molar-refractivity contribution in [2.24, 2.45) is 11.7 Å². The van der Waals surface area contributed by atoms with Crippen LogP contribution in [0.3, 0.4) is 0 Å². The van der Waals surface area contributed by atoms with E-state index in [1.54, 1.807) is 0 Å². The van der Waals surface area contributed by atoms with E-state index in [0.717, 1.165) is 0 Å². The predicted octanol–water partition coefficient (Wildman–Crippen LogP) is 1.85. The van der Waals surface area contributed by atoms with Gasteiger partial charge in [-0.05, 0) is 20.8 Å². The topological polar surface area (TPSA) is 46.2 Å². The summed E-state index contributed by atoms with van der Waals surface area (Å²) < 4.78 is 0. The molecule has 13 heavy (non-hydrogen) atoms. The Kier molecular flexibility index (Phi) is 5.67. The van der Waals surface area contributed by atoms with Gasteiger partial charge in [-0.3, -0.25) is 0 Å². The van der Waals surface area contributed by atoms with Gasteiger partial charge >= 0.3 is 0 Å². The molecule has 0 bridgehead atoms. The Bertz CT molecular complexity index is 194. The Hall–Kier alpha value is -0.600. The van der Waals surface area contributed by atoms with Crippen LogP contribution in [0.5, 0.6) is 0 Å². The Morgan fingerprint density at radius 1 is 1.38 bits per heavy atom. The molecule has 0 heterocycles. The molecular formula is C11H21NO. The summed E-state index contributed by atoms with van der Waals surface area (Å²) in [5.74, 6) is 0.106. The minimum Gasteiger partial charge on any atom is -0.391 e. The average molecular weight is 183 g/mol. The first kappa shape index (κ1) is 12.4. The van der Waals surface area contributed by atoms with Crippen LogP contribution >= 0.6 is 0 Å². The van der Waals surface area contributed by atoms with Crippen molar-refractivity contribution in [3.05, 3.63) is 23.8 Å².